The molecule has 1 heterocycles. The Morgan fingerprint density at radius 1 is 0.765 bits per heavy atom. The lowest BCUT2D eigenvalue weighted by molar-refractivity contribution is -0.271. The lowest BCUT2D eigenvalue weighted by Crippen LogP contribution is -2.67. The molecule has 0 aromatic rings. The van der Waals surface area contributed by atoms with Gasteiger partial charge in [-0.1, -0.05) is 25.7 Å². The van der Waals surface area contributed by atoms with Gasteiger partial charge in [0.05, 0.1) is 0 Å². The van der Waals surface area contributed by atoms with E-state index in [1.165, 1.54) is 6.92 Å². The van der Waals surface area contributed by atoms with Crippen molar-refractivity contribution in [2.75, 3.05) is 6.61 Å². The fourth-order valence-electron chi connectivity index (χ4n) is 4.40. The fraction of sp³-hybridized carbons (Fsp3) is 0.783. The molecule has 1 saturated carbocycles. The monoisotopic (exact) mass is 485 g/mol. The van der Waals surface area contributed by atoms with E-state index >= 15 is 0 Å². The van der Waals surface area contributed by atoms with Gasteiger partial charge >= 0.3 is 23.9 Å². The Balaban J connectivity index is 2.30. The summed E-state index contributed by atoms with van der Waals surface area (Å²) in [6, 6.07) is -1.15. The Bertz CT molecular complexity index is 746. The summed E-state index contributed by atoms with van der Waals surface area (Å²) in [6.07, 6.45) is 1.58. The van der Waals surface area contributed by atoms with Crippen LogP contribution in [-0.4, -0.2) is 67.0 Å². The van der Waals surface area contributed by atoms with Crippen LogP contribution in [0.1, 0.15) is 72.6 Å². The first-order valence-electron chi connectivity index (χ1n) is 11.7. The van der Waals surface area contributed by atoms with Crippen LogP contribution in [0.3, 0.4) is 0 Å². The van der Waals surface area contributed by atoms with Crippen LogP contribution in [0.4, 0.5) is 0 Å². The highest BCUT2D eigenvalue weighted by molar-refractivity contribution is 5.77. The summed E-state index contributed by atoms with van der Waals surface area (Å²) in [5.74, 6) is -2.83. The molecule has 1 aliphatic carbocycles. The van der Waals surface area contributed by atoms with E-state index in [1.807, 2.05) is 0 Å². The van der Waals surface area contributed by atoms with Gasteiger partial charge in [0.15, 0.2) is 12.2 Å². The number of ether oxygens (including phenoxy) is 5. The largest absolute Gasteiger partial charge is 0.463 e. The smallest absolute Gasteiger partial charge is 0.305 e. The van der Waals surface area contributed by atoms with Gasteiger partial charge in [-0.25, -0.2) is 0 Å². The van der Waals surface area contributed by atoms with E-state index in [9.17, 15) is 24.0 Å². The van der Waals surface area contributed by atoms with Crippen molar-refractivity contribution in [3.8, 4) is 0 Å². The van der Waals surface area contributed by atoms with Crippen LogP contribution in [0.5, 0.6) is 0 Å². The molecule has 11 heteroatoms. The summed E-state index contributed by atoms with van der Waals surface area (Å²) in [5.41, 5.74) is 0. The maximum atomic E-state index is 13.0. The molecule has 1 N–H and O–H groups in total. The topological polar surface area (TPSA) is 144 Å². The van der Waals surface area contributed by atoms with Crippen molar-refractivity contribution >= 4 is 29.8 Å². The van der Waals surface area contributed by atoms with Crippen molar-refractivity contribution in [1.82, 2.24) is 5.32 Å². The van der Waals surface area contributed by atoms with Gasteiger partial charge < -0.3 is 29.0 Å². The highest BCUT2D eigenvalue weighted by Gasteiger charge is 2.52. The first kappa shape index (κ1) is 27.6. The SMILES string of the molecule is CC(=O)OC[C@H]1OC(OC(C)=O)[C@H](NC(=O)CC2CCCCCC2)[C@@H](OC(C)=O)[C@H]1OC(C)=O. The second-order valence-corrected chi connectivity index (χ2v) is 8.76. The molecule has 0 aromatic heterocycles. The molecule has 1 aliphatic heterocycles. The summed E-state index contributed by atoms with van der Waals surface area (Å²) in [7, 11) is 0. The number of amides is 1. The zero-order chi connectivity index (χ0) is 25.3. The predicted octanol–water partition coefficient (Wildman–Crippen LogP) is 1.55. The van der Waals surface area contributed by atoms with E-state index in [0.29, 0.717) is 0 Å². The first-order chi connectivity index (χ1) is 16.1. The van der Waals surface area contributed by atoms with Crippen LogP contribution in [0.25, 0.3) is 0 Å². The molecule has 1 saturated heterocycles. The minimum absolute atomic E-state index is 0.215. The van der Waals surface area contributed by atoms with Gasteiger partial charge in [0.1, 0.15) is 18.8 Å². The molecule has 34 heavy (non-hydrogen) atoms. The molecule has 0 aromatic carbocycles. The van der Waals surface area contributed by atoms with Gasteiger partial charge in [0, 0.05) is 34.1 Å². The highest BCUT2D eigenvalue weighted by atomic mass is 16.7. The number of esters is 4. The summed E-state index contributed by atoms with van der Waals surface area (Å²) in [4.78, 5) is 59.8. The molecule has 0 bridgehead atoms. The molecule has 2 fully saturated rings. The minimum atomic E-state index is -1.37. The molecule has 11 nitrogen and oxygen atoms in total. The van der Waals surface area contributed by atoms with Gasteiger partial charge in [-0.3, -0.25) is 24.0 Å². The number of carbonyl (C=O) groups excluding carboxylic acids is 5. The molecular weight excluding hydrogens is 450 g/mol. The second-order valence-electron chi connectivity index (χ2n) is 8.76. The summed E-state index contributed by atoms with van der Waals surface area (Å²) >= 11 is 0. The zero-order valence-corrected chi connectivity index (χ0v) is 20.2. The molecule has 0 spiro atoms. The number of hydrogen-bond acceptors (Lipinski definition) is 10. The maximum Gasteiger partial charge on any atom is 0.305 e. The highest BCUT2D eigenvalue weighted by Crippen LogP contribution is 2.29. The van der Waals surface area contributed by atoms with Crippen LogP contribution in [0, 0.1) is 5.92 Å². The Kier molecular flexibility index (Phi) is 10.7. The summed E-state index contributed by atoms with van der Waals surface area (Å²) < 4.78 is 26.9. The number of carbonyl (C=O) groups is 5. The van der Waals surface area contributed by atoms with E-state index < -0.39 is 54.5 Å². The maximum absolute atomic E-state index is 13.0. The van der Waals surface area contributed by atoms with E-state index in [1.54, 1.807) is 0 Å². The lowest BCUT2D eigenvalue weighted by atomic mass is 9.94. The summed E-state index contributed by atoms with van der Waals surface area (Å²) in [5, 5.41) is 2.77. The molecule has 1 unspecified atom stereocenters. The lowest BCUT2D eigenvalue weighted by Gasteiger charge is -2.44. The zero-order valence-electron chi connectivity index (χ0n) is 20.2. The van der Waals surface area contributed by atoms with Crippen molar-refractivity contribution in [3.63, 3.8) is 0 Å². The molecule has 5 atom stereocenters. The van der Waals surface area contributed by atoms with Crippen LogP contribution in [0.2, 0.25) is 0 Å². The Morgan fingerprint density at radius 2 is 1.32 bits per heavy atom. The third kappa shape index (κ3) is 8.92. The van der Waals surface area contributed by atoms with Crippen LogP contribution >= 0.6 is 0 Å². The summed E-state index contributed by atoms with van der Waals surface area (Å²) in [6.45, 7) is 4.31. The third-order valence-electron chi connectivity index (χ3n) is 5.76. The van der Waals surface area contributed by atoms with Crippen molar-refractivity contribution in [1.29, 1.82) is 0 Å². The number of nitrogens with one attached hydrogen (secondary N) is 1. The van der Waals surface area contributed by atoms with Crippen molar-refractivity contribution in [3.05, 3.63) is 0 Å². The molecule has 1 amide bonds. The molecule has 2 aliphatic rings. The number of hydrogen-bond donors (Lipinski definition) is 1. The van der Waals surface area contributed by atoms with Gasteiger partial charge in [-0.15, -0.1) is 0 Å². The quantitative estimate of drug-likeness (QED) is 0.305. The molecule has 192 valence electrons. The van der Waals surface area contributed by atoms with Gasteiger partial charge in [0.25, 0.3) is 0 Å². The van der Waals surface area contributed by atoms with Crippen molar-refractivity contribution < 1.29 is 47.7 Å². The number of rotatable bonds is 8. The first-order valence-corrected chi connectivity index (χ1v) is 11.7. The Labute approximate surface area is 199 Å². The minimum Gasteiger partial charge on any atom is -0.463 e. The van der Waals surface area contributed by atoms with E-state index in [-0.39, 0.29) is 24.9 Å². The van der Waals surface area contributed by atoms with E-state index in [4.69, 9.17) is 23.7 Å². The van der Waals surface area contributed by atoms with E-state index in [0.717, 1.165) is 59.3 Å². The van der Waals surface area contributed by atoms with Crippen LogP contribution < -0.4 is 5.32 Å². The Hall–Kier alpha value is -2.69. The molecular formula is C23H35NO10. The molecule has 0 radical (unpaired) electrons. The van der Waals surface area contributed by atoms with Crippen LogP contribution in [0.15, 0.2) is 0 Å². The van der Waals surface area contributed by atoms with Crippen molar-refractivity contribution in [2.45, 2.75) is 103 Å². The second kappa shape index (κ2) is 13.3. The predicted molar refractivity (Wildman–Crippen MR) is 116 cm³/mol. The van der Waals surface area contributed by atoms with Gasteiger partial charge in [-0.2, -0.15) is 0 Å². The average Bonchev–Trinajstić information content (AvgIpc) is 2.98. The van der Waals surface area contributed by atoms with Gasteiger partial charge in [0.2, 0.25) is 12.2 Å². The van der Waals surface area contributed by atoms with Crippen LogP contribution in [-0.2, 0) is 47.7 Å². The Morgan fingerprint density at radius 3 is 1.85 bits per heavy atom. The normalized spacial score (nSPS) is 27.6. The average molecular weight is 486 g/mol. The third-order valence-corrected chi connectivity index (χ3v) is 5.76. The standard InChI is InChI=1S/C23H35NO10/c1-13(25)30-12-18-21(31-14(2)26)22(32-15(3)27)20(23(34-18)33-16(4)28)24-19(29)11-17-9-7-5-6-8-10-17/h17-18,20-23H,5-12H2,1-4H3,(H,24,29)/t18-,20-,21+,22-,23?/m1/s1. The van der Waals surface area contributed by atoms with Crippen molar-refractivity contribution in [2.24, 2.45) is 5.92 Å². The van der Waals surface area contributed by atoms with E-state index in [2.05, 4.69) is 5.32 Å². The van der Waals surface area contributed by atoms with Gasteiger partial charge in [-0.05, 0) is 18.8 Å². The fourth-order valence-corrected chi connectivity index (χ4v) is 4.40. The molecule has 2 rings (SSSR count).